The number of hydrogen-bond donors (Lipinski definition) is 1. The Hall–Kier alpha value is -1.55. The highest BCUT2D eigenvalue weighted by atomic mass is 16.5. The Morgan fingerprint density at radius 2 is 1.95 bits per heavy atom. The van der Waals surface area contributed by atoms with E-state index in [1.54, 1.807) is 4.90 Å². The van der Waals surface area contributed by atoms with Crippen molar-refractivity contribution in [3.8, 4) is 5.75 Å². The zero-order chi connectivity index (χ0) is 14.1. The van der Waals surface area contributed by atoms with Gasteiger partial charge in [-0.2, -0.15) is 0 Å². The highest BCUT2D eigenvalue weighted by Gasteiger charge is 2.11. The minimum Gasteiger partial charge on any atom is -0.484 e. The van der Waals surface area contributed by atoms with Crippen LogP contribution < -0.4 is 4.74 Å². The Balaban J connectivity index is 2.43. The van der Waals surface area contributed by atoms with Crippen LogP contribution in [-0.4, -0.2) is 42.2 Å². The summed E-state index contributed by atoms with van der Waals surface area (Å²) < 4.78 is 5.48. The van der Waals surface area contributed by atoms with Gasteiger partial charge in [0.1, 0.15) is 5.75 Å². The van der Waals surface area contributed by atoms with Crippen LogP contribution in [0.2, 0.25) is 0 Å². The maximum absolute atomic E-state index is 11.9. The normalized spacial score (nSPS) is 10.3. The molecule has 0 heterocycles. The van der Waals surface area contributed by atoms with Crippen molar-refractivity contribution in [2.75, 3.05) is 26.3 Å². The fraction of sp³-hybridized carbons (Fsp3) is 0.533. The van der Waals surface area contributed by atoms with Crippen molar-refractivity contribution in [1.29, 1.82) is 0 Å². The first-order valence-corrected chi connectivity index (χ1v) is 6.81. The van der Waals surface area contributed by atoms with E-state index in [-0.39, 0.29) is 19.1 Å². The van der Waals surface area contributed by atoms with E-state index >= 15 is 0 Å². The molecule has 0 saturated heterocycles. The van der Waals surface area contributed by atoms with E-state index in [1.165, 1.54) is 5.56 Å². The summed E-state index contributed by atoms with van der Waals surface area (Å²) in [5, 5.41) is 8.78. The van der Waals surface area contributed by atoms with Crippen LogP contribution in [0.15, 0.2) is 24.3 Å². The fourth-order valence-electron chi connectivity index (χ4n) is 1.78. The van der Waals surface area contributed by atoms with E-state index < -0.39 is 0 Å². The molecular weight excluding hydrogens is 242 g/mol. The quantitative estimate of drug-likeness (QED) is 0.780. The molecule has 0 unspecified atom stereocenters. The summed E-state index contributed by atoms with van der Waals surface area (Å²) in [6.45, 7) is 5.37. The second-order valence-corrected chi connectivity index (χ2v) is 4.34. The van der Waals surface area contributed by atoms with Crippen LogP contribution in [0, 0.1) is 0 Å². The lowest BCUT2D eigenvalue weighted by molar-refractivity contribution is -0.133. The Kier molecular flexibility index (Phi) is 6.97. The van der Waals surface area contributed by atoms with Gasteiger partial charge in [0, 0.05) is 19.7 Å². The Morgan fingerprint density at radius 3 is 2.47 bits per heavy atom. The summed E-state index contributed by atoms with van der Waals surface area (Å²) in [6.07, 6.45) is 1.59. The average molecular weight is 265 g/mol. The minimum atomic E-state index is -0.0458. The van der Waals surface area contributed by atoms with Crippen LogP contribution in [0.25, 0.3) is 0 Å². The number of aryl methyl sites for hydroxylation is 1. The molecule has 0 fully saturated rings. The molecule has 0 aliphatic rings. The molecule has 0 radical (unpaired) electrons. The summed E-state index contributed by atoms with van der Waals surface area (Å²) >= 11 is 0. The summed E-state index contributed by atoms with van der Waals surface area (Å²) in [6, 6.07) is 7.78. The monoisotopic (exact) mass is 265 g/mol. The highest BCUT2D eigenvalue weighted by Crippen LogP contribution is 2.12. The first kappa shape index (κ1) is 15.5. The predicted molar refractivity (Wildman–Crippen MR) is 75.3 cm³/mol. The number of likely N-dealkylation sites (N-methyl/N-ethyl adjacent to an activating group) is 1. The number of ether oxygens (including phenoxy) is 1. The number of amides is 1. The van der Waals surface area contributed by atoms with Crippen molar-refractivity contribution in [3.05, 3.63) is 29.8 Å². The second-order valence-electron chi connectivity index (χ2n) is 4.34. The van der Waals surface area contributed by atoms with Crippen molar-refractivity contribution in [3.63, 3.8) is 0 Å². The van der Waals surface area contributed by atoms with Crippen LogP contribution in [-0.2, 0) is 11.2 Å². The van der Waals surface area contributed by atoms with Crippen LogP contribution in [0.5, 0.6) is 5.75 Å². The number of hydrogen-bond acceptors (Lipinski definition) is 3. The van der Waals surface area contributed by atoms with Gasteiger partial charge in [-0.3, -0.25) is 4.79 Å². The van der Waals surface area contributed by atoms with Gasteiger partial charge in [0.05, 0.1) is 0 Å². The van der Waals surface area contributed by atoms with Crippen LogP contribution in [0.4, 0.5) is 0 Å². The molecule has 4 nitrogen and oxygen atoms in total. The standard InChI is InChI=1S/C15H23NO3/c1-3-13-6-8-14(9-7-13)19-12-15(18)16(4-2)10-5-11-17/h6-9,17H,3-5,10-12H2,1-2H3. The number of nitrogens with zero attached hydrogens (tertiary/aromatic N) is 1. The lowest BCUT2D eigenvalue weighted by Gasteiger charge is -2.20. The maximum Gasteiger partial charge on any atom is 0.260 e. The molecule has 19 heavy (non-hydrogen) atoms. The van der Waals surface area contributed by atoms with Gasteiger partial charge in [0.25, 0.3) is 5.91 Å². The van der Waals surface area contributed by atoms with E-state index in [0.717, 1.165) is 6.42 Å². The largest absolute Gasteiger partial charge is 0.484 e. The van der Waals surface area contributed by atoms with Gasteiger partial charge in [-0.15, -0.1) is 0 Å². The molecule has 1 aromatic carbocycles. The Bertz CT molecular complexity index is 375. The van der Waals surface area contributed by atoms with Crippen molar-refractivity contribution in [1.82, 2.24) is 4.90 Å². The molecule has 106 valence electrons. The summed E-state index contributed by atoms with van der Waals surface area (Å²) in [7, 11) is 0. The predicted octanol–water partition coefficient (Wildman–Crippen LogP) is 1.86. The van der Waals surface area contributed by atoms with Crippen LogP contribution in [0.3, 0.4) is 0 Å². The molecule has 0 aliphatic carbocycles. The second kappa shape index (κ2) is 8.53. The first-order chi connectivity index (χ1) is 9.21. The van der Waals surface area contributed by atoms with Gasteiger partial charge < -0.3 is 14.7 Å². The van der Waals surface area contributed by atoms with Crippen LogP contribution in [0.1, 0.15) is 25.8 Å². The molecule has 1 N–H and O–H groups in total. The van der Waals surface area contributed by atoms with Gasteiger partial charge in [-0.05, 0) is 37.5 Å². The Morgan fingerprint density at radius 1 is 1.26 bits per heavy atom. The van der Waals surface area contributed by atoms with Gasteiger partial charge in [0.2, 0.25) is 0 Å². The van der Waals surface area contributed by atoms with Crippen molar-refractivity contribution < 1.29 is 14.6 Å². The van der Waals surface area contributed by atoms with Gasteiger partial charge in [0.15, 0.2) is 6.61 Å². The number of carbonyl (C=O) groups excluding carboxylic acids is 1. The van der Waals surface area contributed by atoms with Gasteiger partial charge in [-0.1, -0.05) is 19.1 Å². The smallest absolute Gasteiger partial charge is 0.260 e. The molecule has 0 saturated carbocycles. The van der Waals surface area contributed by atoms with Crippen molar-refractivity contribution in [2.24, 2.45) is 0 Å². The number of aliphatic hydroxyl groups is 1. The van der Waals surface area contributed by atoms with E-state index in [1.807, 2.05) is 31.2 Å². The first-order valence-electron chi connectivity index (χ1n) is 6.81. The average Bonchev–Trinajstić information content (AvgIpc) is 2.46. The van der Waals surface area contributed by atoms with Crippen molar-refractivity contribution in [2.45, 2.75) is 26.7 Å². The number of carbonyl (C=O) groups is 1. The molecule has 0 bridgehead atoms. The molecule has 0 aliphatic heterocycles. The number of rotatable bonds is 8. The van der Waals surface area contributed by atoms with E-state index in [9.17, 15) is 4.79 Å². The van der Waals surface area contributed by atoms with E-state index in [4.69, 9.17) is 9.84 Å². The summed E-state index contributed by atoms with van der Waals surface area (Å²) in [5.41, 5.74) is 1.25. The lowest BCUT2D eigenvalue weighted by Crippen LogP contribution is -2.35. The molecule has 0 spiro atoms. The summed E-state index contributed by atoms with van der Waals surface area (Å²) in [5.74, 6) is 0.666. The minimum absolute atomic E-state index is 0.0458. The zero-order valence-electron chi connectivity index (χ0n) is 11.8. The molecule has 1 amide bonds. The highest BCUT2D eigenvalue weighted by molar-refractivity contribution is 5.77. The Labute approximate surface area is 115 Å². The van der Waals surface area contributed by atoms with Crippen LogP contribution >= 0.6 is 0 Å². The van der Waals surface area contributed by atoms with E-state index in [2.05, 4.69) is 6.92 Å². The molecule has 0 aromatic heterocycles. The topological polar surface area (TPSA) is 49.8 Å². The molecule has 4 heteroatoms. The van der Waals surface area contributed by atoms with Gasteiger partial charge in [-0.25, -0.2) is 0 Å². The summed E-state index contributed by atoms with van der Waals surface area (Å²) in [4.78, 5) is 13.6. The third-order valence-corrected chi connectivity index (χ3v) is 3.01. The van der Waals surface area contributed by atoms with Crippen molar-refractivity contribution >= 4 is 5.91 Å². The molecule has 1 rings (SSSR count). The molecule has 0 atom stereocenters. The SMILES string of the molecule is CCc1ccc(OCC(=O)N(CC)CCCO)cc1. The fourth-order valence-corrected chi connectivity index (χ4v) is 1.78. The molecular formula is C15H23NO3. The molecule has 1 aromatic rings. The number of aliphatic hydroxyl groups excluding tert-OH is 1. The van der Waals surface area contributed by atoms with Gasteiger partial charge >= 0.3 is 0 Å². The maximum atomic E-state index is 11.9. The van der Waals surface area contributed by atoms with E-state index in [0.29, 0.717) is 25.3 Å². The number of benzene rings is 1. The lowest BCUT2D eigenvalue weighted by atomic mass is 10.2. The zero-order valence-corrected chi connectivity index (χ0v) is 11.8. The third kappa shape index (κ3) is 5.30. The third-order valence-electron chi connectivity index (χ3n) is 3.01.